The predicted octanol–water partition coefficient (Wildman–Crippen LogP) is 3.47. The van der Waals surface area contributed by atoms with E-state index in [1.807, 2.05) is 48.5 Å². The Morgan fingerprint density at radius 2 is 2.12 bits per heavy atom. The molecule has 1 amide bonds. The minimum Gasteiger partial charge on any atom is -0.497 e. The van der Waals surface area contributed by atoms with Crippen LogP contribution >= 0.6 is 15.9 Å². The van der Waals surface area contributed by atoms with Crippen LogP contribution in [0.1, 0.15) is 21.6 Å². The van der Waals surface area contributed by atoms with Crippen molar-refractivity contribution >= 4 is 28.1 Å². The van der Waals surface area contributed by atoms with E-state index in [1.165, 1.54) is 0 Å². The molecule has 1 N–H and O–H groups in total. The molecule has 3 aromatic rings. The number of nitrogens with one attached hydrogen (secondary N) is 1. The highest BCUT2D eigenvalue weighted by atomic mass is 79.9. The maximum absolute atomic E-state index is 12.1. The molecule has 7 heteroatoms. The maximum atomic E-state index is 12.1. The van der Waals surface area contributed by atoms with Gasteiger partial charge >= 0.3 is 0 Å². The van der Waals surface area contributed by atoms with Crippen LogP contribution in [0.2, 0.25) is 0 Å². The summed E-state index contributed by atoms with van der Waals surface area (Å²) in [6, 6.07) is 17.0. The van der Waals surface area contributed by atoms with Gasteiger partial charge in [0.1, 0.15) is 5.75 Å². The lowest BCUT2D eigenvalue weighted by molar-refractivity contribution is 0.0949. The van der Waals surface area contributed by atoms with Crippen LogP contribution in [-0.4, -0.2) is 29.0 Å². The van der Waals surface area contributed by atoms with E-state index in [-0.39, 0.29) is 5.91 Å². The molecule has 0 aliphatic heterocycles. The number of ether oxygens (including phenoxy) is 1. The number of amides is 1. The number of rotatable bonds is 6. The minimum atomic E-state index is -0.364. The Morgan fingerprint density at radius 3 is 2.92 bits per heavy atom. The van der Waals surface area contributed by atoms with Gasteiger partial charge < -0.3 is 4.74 Å². The zero-order valence-electron chi connectivity index (χ0n) is 14.1. The molecule has 3 rings (SSSR count). The number of aromatic nitrogens is 2. The van der Waals surface area contributed by atoms with Gasteiger partial charge in [0.05, 0.1) is 19.9 Å². The number of carbonyl (C=O) groups is 1. The van der Waals surface area contributed by atoms with Crippen molar-refractivity contribution in [3.63, 3.8) is 0 Å². The molecule has 1 aromatic heterocycles. The predicted molar refractivity (Wildman–Crippen MR) is 104 cm³/mol. The second kappa shape index (κ2) is 8.44. The first-order chi connectivity index (χ1) is 12.6. The van der Waals surface area contributed by atoms with Crippen LogP contribution in [0.5, 0.6) is 5.75 Å². The van der Waals surface area contributed by atoms with Crippen molar-refractivity contribution in [1.29, 1.82) is 0 Å². The molecular formula is C19H17BrN4O2. The Bertz CT molecular complexity index is 937. The summed E-state index contributed by atoms with van der Waals surface area (Å²) in [5.41, 5.74) is 4.70. The highest BCUT2D eigenvalue weighted by Crippen LogP contribution is 2.13. The molecule has 0 saturated carbocycles. The van der Waals surface area contributed by atoms with Crippen molar-refractivity contribution in [2.75, 3.05) is 7.11 Å². The number of hydrazone groups is 1. The maximum Gasteiger partial charge on any atom is 0.291 e. The lowest BCUT2D eigenvalue weighted by atomic mass is 10.2. The van der Waals surface area contributed by atoms with E-state index in [9.17, 15) is 4.79 Å². The third-order valence-electron chi connectivity index (χ3n) is 3.58. The van der Waals surface area contributed by atoms with E-state index in [2.05, 4.69) is 31.6 Å². The van der Waals surface area contributed by atoms with Crippen molar-refractivity contribution in [3.8, 4) is 5.75 Å². The van der Waals surface area contributed by atoms with E-state index in [0.29, 0.717) is 12.2 Å². The number of halogens is 1. The van der Waals surface area contributed by atoms with Crippen molar-refractivity contribution < 1.29 is 9.53 Å². The van der Waals surface area contributed by atoms with Gasteiger partial charge in [-0.1, -0.05) is 40.2 Å². The third kappa shape index (κ3) is 4.80. The molecule has 0 spiro atoms. The molecule has 0 aliphatic carbocycles. The Labute approximate surface area is 159 Å². The summed E-state index contributed by atoms with van der Waals surface area (Å²) in [6.07, 6.45) is 3.32. The molecule has 0 atom stereocenters. The lowest BCUT2D eigenvalue weighted by Gasteiger charge is -2.02. The van der Waals surface area contributed by atoms with Gasteiger partial charge in [0.15, 0.2) is 5.69 Å². The van der Waals surface area contributed by atoms with Gasteiger partial charge in [-0.25, -0.2) is 5.43 Å². The number of nitrogens with zero attached hydrogens (tertiary/aromatic N) is 3. The van der Waals surface area contributed by atoms with Crippen LogP contribution < -0.4 is 10.2 Å². The molecule has 132 valence electrons. The van der Waals surface area contributed by atoms with E-state index in [1.54, 1.807) is 30.3 Å². The lowest BCUT2D eigenvalue weighted by Crippen LogP contribution is -2.18. The smallest absolute Gasteiger partial charge is 0.291 e. The molecule has 6 nitrogen and oxygen atoms in total. The molecule has 26 heavy (non-hydrogen) atoms. The number of benzene rings is 2. The standard InChI is InChI=1S/C19H17BrN4O2/c1-26-17-7-3-4-14(11-17)12-21-22-19(25)18-8-9-24(23-18)13-15-5-2-6-16(20)10-15/h2-12H,13H2,1H3,(H,22,25)/b21-12-. The average molecular weight is 413 g/mol. The fraction of sp³-hybridized carbons (Fsp3) is 0.105. The van der Waals surface area contributed by atoms with Gasteiger partial charge in [0.25, 0.3) is 5.91 Å². The number of carbonyl (C=O) groups excluding carboxylic acids is 1. The molecule has 0 bridgehead atoms. The van der Waals surface area contributed by atoms with Crippen molar-refractivity contribution in [2.24, 2.45) is 5.10 Å². The van der Waals surface area contributed by atoms with E-state index < -0.39 is 0 Å². The number of hydrogen-bond acceptors (Lipinski definition) is 4. The van der Waals surface area contributed by atoms with E-state index >= 15 is 0 Å². The fourth-order valence-corrected chi connectivity index (χ4v) is 2.78. The van der Waals surface area contributed by atoms with Gasteiger partial charge in [0.2, 0.25) is 0 Å². The SMILES string of the molecule is COc1cccc(/C=N\NC(=O)c2ccn(Cc3cccc(Br)c3)n2)c1. The van der Waals surface area contributed by atoms with Gasteiger partial charge in [-0.15, -0.1) is 0 Å². The highest BCUT2D eigenvalue weighted by Gasteiger charge is 2.08. The molecule has 0 radical (unpaired) electrons. The molecule has 1 heterocycles. The molecule has 0 fully saturated rings. The van der Waals surface area contributed by atoms with Crippen molar-refractivity contribution in [3.05, 3.63) is 82.1 Å². The largest absolute Gasteiger partial charge is 0.497 e. The zero-order valence-corrected chi connectivity index (χ0v) is 15.7. The first kappa shape index (κ1) is 17.9. The van der Waals surface area contributed by atoms with Gasteiger partial charge in [-0.3, -0.25) is 9.48 Å². The minimum absolute atomic E-state index is 0.308. The summed E-state index contributed by atoms with van der Waals surface area (Å²) < 4.78 is 7.86. The van der Waals surface area contributed by atoms with E-state index in [4.69, 9.17) is 4.74 Å². The van der Waals surface area contributed by atoms with Crippen LogP contribution in [0.25, 0.3) is 0 Å². The topological polar surface area (TPSA) is 68.5 Å². The van der Waals surface area contributed by atoms with Crippen LogP contribution in [0.15, 0.2) is 70.4 Å². The van der Waals surface area contributed by atoms with Gasteiger partial charge in [0, 0.05) is 10.7 Å². The second-order valence-corrected chi connectivity index (χ2v) is 6.42. The summed E-state index contributed by atoms with van der Waals surface area (Å²) in [7, 11) is 1.60. The summed E-state index contributed by atoms with van der Waals surface area (Å²) in [6.45, 7) is 0.583. The van der Waals surface area contributed by atoms with E-state index in [0.717, 1.165) is 21.3 Å². The van der Waals surface area contributed by atoms with Gasteiger partial charge in [-0.2, -0.15) is 10.2 Å². The second-order valence-electron chi connectivity index (χ2n) is 5.50. The molecule has 0 unspecified atom stereocenters. The van der Waals surface area contributed by atoms with Crippen LogP contribution in [0.4, 0.5) is 0 Å². The van der Waals surface area contributed by atoms with Crippen molar-refractivity contribution in [2.45, 2.75) is 6.54 Å². The Hall–Kier alpha value is -2.93. The van der Waals surface area contributed by atoms with Crippen LogP contribution in [0, 0.1) is 0 Å². The summed E-state index contributed by atoms with van der Waals surface area (Å²) >= 11 is 3.44. The number of methoxy groups -OCH3 is 1. The molecule has 2 aromatic carbocycles. The quantitative estimate of drug-likeness (QED) is 0.497. The average Bonchev–Trinajstić information content (AvgIpc) is 3.10. The highest BCUT2D eigenvalue weighted by molar-refractivity contribution is 9.10. The zero-order chi connectivity index (χ0) is 18.4. The van der Waals surface area contributed by atoms with Gasteiger partial charge in [-0.05, 0) is 41.5 Å². The molecule has 0 aliphatic rings. The first-order valence-electron chi connectivity index (χ1n) is 7.89. The Morgan fingerprint density at radius 1 is 1.27 bits per heavy atom. The first-order valence-corrected chi connectivity index (χ1v) is 8.69. The van der Waals surface area contributed by atoms with Crippen molar-refractivity contribution in [1.82, 2.24) is 15.2 Å². The van der Waals surface area contributed by atoms with Crippen LogP contribution in [-0.2, 0) is 6.54 Å². The monoisotopic (exact) mass is 412 g/mol. The fourth-order valence-electron chi connectivity index (χ4n) is 2.34. The molecule has 0 saturated heterocycles. The van der Waals surface area contributed by atoms with Crippen LogP contribution in [0.3, 0.4) is 0 Å². The Balaban J connectivity index is 1.60. The summed E-state index contributed by atoms with van der Waals surface area (Å²) in [4.78, 5) is 12.1. The summed E-state index contributed by atoms with van der Waals surface area (Å²) in [5.74, 6) is 0.365. The molecular weight excluding hydrogens is 396 g/mol. The number of hydrogen-bond donors (Lipinski definition) is 1. The third-order valence-corrected chi connectivity index (χ3v) is 4.07. The summed E-state index contributed by atoms with van der Waals surface area (Å²) in [5, 5.41) is 8.25. The Kier molecular flexibility index (Phi) is 5.80. The normalized spacial score (nSPS) is 10.8.